The maximum Gasteiger partial charge on any atom is 0.272 e. The summed E-state index contributed by atoms with van der Waals surface area (Å²) in [5, 5.41) is 2.60. The average Bonchev–Trinajstić information content (AvgIpc) is 3.02. The molecule has 1 N–H and O–H groups in total. The molecule has 0 bridgehead atoms. The number of amides is 2. The van der Waals surface area contributed by atoms with Crippen LogP contribution in [0.15, 0.2) is 73.1 Å². The number of aromatic nitrogens is 2. The van der Waals surface area contributed by atoms with Gasteiger partial charge in [0.25, 0.3) is 11.8 Å². The van der Waals surface area contributed by atoms with Gasteiger partial charge >= 0.3 is 0 Å². The standard InChI is InChI=1S/C19H17F3N2O.C19H17FN2O/c1-19(2,3)11-24-18(25)17-16(22)8-12(10-23-17)4-5-13-9-14(20)6-7-15(13)21;1-22(17-6-3-7-17)19(23)18-11-10-15(13-21-18)9-8-14-4-2-5-16(20)12-14/h6-10H,11H2,1-3H3,(H,24,25);2,4-5,10-13,17H,3,6-7H2,1H3. The van der Waals surface area contributed by atoms with E-state index in [0.29, 0.717) is 29.4 Å². The molecule has 4 aromatic rings. The minimum absolute atomic E-state index is 0.0562. The van der Waals surface area contributed by atoms with Crippen molar-refractivity contribution in [3.8, 4) is 23.7 Å². The fraction of sp³-hybridized carbons (Fsp3) is 0.263. The number of carbonyl (C=O) groups is 2. The Balaban J connectivity index is 0.000000217. The summed E-state index contributed by atoms with van der Waals surface area (Å²) >= 11 is 0. The second kappa shape index (κ2) is 15.9. The normalized spacial score (nSPS) is 12.2. The monoisotopic (exact) mass is 654 g/mol. The summed E-state index contributed by atoms with van der Waals surface area (Å²) in [5.41, 5.74) is 1.24. The largest absolute Gasteiger partial charge is 0.350 e. The van der Waals surface area contributed by atoms with Crippen LogP contribution in [-0.2, 0) is 0 Å². The van der Waals surface area contributed by atoms with E-state index in [0.717, 1.165) is 37.1 Å². The Morgan fingerprint density at radius 3 is 2.12 bits per heavy atom. The molecule has 246 valence electrons. The molecule has 2 heterocycles. The summed E-state index contributed by atoms with van der Waals surface area (Å²) in [6.07, 6.45) is 6.11. The van der Waals surface area contributed by atoms with Crippen LogP contribution < -0.4 is 5.32 Å². The molecule has 48 heavy (non-hydrogen) atoms. The van der Waals surface area contributed by atoms with Crippen molar-refractivity contribution in [3.05, 3.63) is 130 Å². The SMILES string of the molecule is CC(C)(C)CNC(=O)c1ncc(C#Cc2cc(F)ccc2F)cc1F.CN(C(=O)c1ccc(C#Cc2cccc(F)c2)cn1)C1CCC1. The highest BCUT2D eigenvalue weighted by molar-refractivity contribution is 5.93. The van der Waals surface area contributed by atoms with Crippen molar-refractivity contribution >= 4 is 11.8 Å². The average molecular weight is 655 g/mol. The third-order valence-corrected chi connectivity index (χ3v) is 7.21. The molecule has 2 amide bonds. The molecule has 0 aliphatic heterocycles. The van der Waals surface area contributed by atoms with Crippen LogP contribution in [0.1, 0.15) is 83.3 Å². The second-order valence-corrected chi connectivity index (χ2v) is 12.4. The maximum absolute atomic E-state index is 14.1. The lowest BCUT2D eigenvalue weighted by Crippen LogP contribution is -2.41. The van der Waals surface area contributed by atoms with Gasteiger partial charge in [0.15, 0.2) is 11.5 Å². The number of pyridine rings is 2. The van der Waals surface area contributed by atoms with E-state index in [9.17, 15) is 27.2 Å². The molecule has 5 rings (SSSR count). The van der Waals surface area contributed by atoms with Gasteiger partial charge < -0.3 is 10.2 Å². The van der Waals surface area contributed by atoms with E-state index in [1.165, 1.54) is 24.8 Å². The highest BCUT2D eigenvalue weighted by Crippen LogP contribution is 2.24. The first kappa shape index (κ1) is 35.4. The molecular formula is C38H34F4N4O2. The molecule has 1 fully saturated rings. The Morgan fingerprint density at radius 1 is 0.812 bits per heavy atom. The minimum atomic E-state index is -0.835. The number of hydrogen-bond donors (Lipinski definition) is 1. The van der Waals surface area contributed by atoms with Crippen molar-refractivity contribution in [3.63, 3.8) is 0 Å². The molecule has 1 saturated carbocycles. The molecule has 0 radical (unpaired) electrons. The second-order valence-electron chi connectivity index (χ2n) is 12.4. The predicted molar refractivity (Wildman–Crippen MR) is 175 cm³/mol. The molecule has 0 spiro atoms. The van der Waals surface area contributed by atoms with Crippen molar-refractivity contribution < 1.29 is 27.2 Å². The van der Waals surface area contributed by atoms with E-state index in [2.05, 4.69) is 39.0 Å². The lowest BCUT2D eigenvalue weighted by molar-refractivity contribution is 0.0646. The summed E-state index contributed by atoms with van der Waals surface area (Å²) in [5.74, 6) is 7.60. The maximum atomic E-state index is 14.1. The molecule has 6 nitrogen and oxygen atoms in total. The van der Waals surface area contributed by atoms with Crippen molar-refractivity contribution in [2.75, 3.05) is 13.6 Å². The fourth-order valence-electron chi connectivity index (χ4n) is 4.26. The minimum Gasteiger partial charge on any atom is -0.350 e. The van der Waals surface area contributed by atoms with E-state index in [1.807, 2.05) is 27.8 Å². The Labute approximate surface area is 277 Å². The smallest absolute Gasteiger partial charge is 0.272 e. The van der Waals surface area contributed by atoms with Crippen LogP contribution in [0, 0.1) is 52.4 Å². The molecule has 0 saturated heterocycles. The van der Waals surface area contributed by atoms with Crippen molar-refractivity contribution in [2.45, 2.75) is 46.1 Å². The van der Waals surface area contributed by atoms with Gasteiger partial charge in [-0.3, -0.25) is 9.59 Å². The highest BCUT2D eigenvalue weighted by atomic mass is 19.1. The third kappa shape index (κ3) is 10.3. The van der Waals surface area contributed by atoms with Crippen molar-refractivity contribution in [1.29, 1.82) is 0 Å². The number of carbonyl (C=O) groups excluding carboxylic acids is 2. The van der Waals surface area contributed by atoms with Crippen LogP contribution in [0.2, 0.25) is 0 Å². The van der Waals surface area contributed by atoms with Gasteiger partial charge in [-0.15, -0.1) is 0 Å². The Kier molecular flexibility index (Phi) is 11.7. The van der Waals surface area contributed by atoms with E-state index in [1.54, 1.807) is 35.4 Å². The lowest BCUT2D eigenvalue weighted by Gasteiger charge is -2.34. The van der Waals surface area contributed by atoms with Crippen molar-refractivity contribution in [2.24, 2.45) is 5.41 Å². The van der Waals surface area contributed by atoms with Gasteiger partial charge in [0, 0.05) is 48.7 Å². The molecule has 1 aliphatic rings. The summed E-state index contributed by atoms with van der Waals surface area (Å²) in [6, 6.07) is 13.8. The van der Waals surface area contributed by atoms with Gasteiger partial charge in [-0.2, -0.15) is 0 Å². The highest BCUT2D eigenvalue weighted by Gasteiger charge is 2.26. The number of rotatable bonds is 4. The fourth-order valence-corrected chi connectivity index (χ4v) is 4.26. The quantitative estimate of drug-likeness (QED) is 0.192. The van der Waals surface area contributed by atoms with Crippen LogP contribution in [0.4, 0.5) is 17.6 Å². The van der Waals surface area contributed by atoms with Crippen LogP contribution >= 0.6 is 0 Å². The molecule has 2 aromatic heterocycles. The van der Waals surface area contributed by atoms with Gasteiger partial charge in [0.05, 0.1) is 5.56 Å². The molecule has 0 atom stereocenters. The Hall–Kier alpha value is -5.48. The zero-order chi connectivity index (χ0) is 34.8. The van der Waals surface area contributed by atoms with E-state index in [-0.39, 0.29) is 34.0 Å². The molecular weight excluding hydrogens is 620 g/mol. The summed E-state index contributed by atoms with van der Waals surface area (Å²) in [6.45, 7) is 6.16. The zero-order valence-corrected chi connectivity index (χ0v) is 27.0. The van der Waals surface area contributed by atoms with Crippen LogP contribution in [0.3, 0.4) is 0 Å². The van der Waals surface area contributed by atoms with Crippen LogP contribution in [0.25, 0.3) is 0 Å². The zero-order valence-electron chi connectivity index (χ0n) is 27.0. The molecule has 1 aliphatic carbocycles. The number of benzene rings is 2. The number of hydrogen-bond acceptors (Lipinski definition) is 4. The van der Waals surface area contributed by atoms with Gasteiger partial charge in [-0.05, 0) is 79.3 Å². The summed E-state index contributed by atoms with van der Waals surface area (Å²) in [4.78, 5) is 34.0. The Morgan fingerprint density at radius 2 is 1.50 bits per heavy atom. The van der Waals surface area contributed by atoms with Crippen molar-refractivity contribution in [1.82, 2.24) is 20.2 Å². The molecule has 2 aromatic carbocycles. The first-order valence-electron chi connectivity index (χ1n) is 15.2. The number of nitrogens with zero attached hydrogens (tertiary/aromatic N) is 3. The van der Waals surface area contributed by atoms with Gasteiger partial charge in [-0.25, -0.2) is 27.5 Å². The Bertz CT molecular complexity index is 1910. The first-order chi connectivity index (χ1) is 22.8. The van der Waals surface area contributed by atoms with E-state index >= 15 is 0 Å². The predicted octanol–water partition coefficient (Wildman–Crippen LogP) is 6.92. The third-order valence-electron chi connectivity index (χ3n) is 7.21. The lowest BCUT2D eigenvalue weighted by atomic mass is 9.92. The summed E-state index contributed by atoms with van der Waals surface area (Å²) in [7, 11) is 1.82. The summed E-state index contributed by atoms with van der Waals surface area (Å²) < 4.78 is 53.7. The van der Waals surface area contributed by atoms with E-state index < -0.39 is 23.4 Å². The van der Waals surface area contributed by atoms with Gasteiger partial charge in [0.1, 0.15) is 23.1 Å². The molecule has 0 unspecified atom stereocenters. The molecule has 10 heteroatoms. The number of halogens is 4. The topological polar surface area (TPSA) is 75.2 Å². The van der Waals surface area contributed by atoms with Gasteiger partial charge in [-0.1, -0.05) is 50.5 Å². The number of nitrogens with one attached hydrogen (secondary N) is 1. The van der Waals surface area contributed by atoms with Crippen LogP contribution in [-0.4, -0.2) is 46.3 Å². The van der Waals surface area contributed by atoms with E-state index in [4.69, 9.17) is 0 Å². The van der Waals surface area contributed by atoms with Crippen LogP contribution in [0.5, 0.6) is 0 Å². The first-order valence-corrected chi connectivity index (χ1v) is 15.2. The van der Waals surface area contributed by atoms with Gasteiger partial charge in [0.2, 0.25) is 0 Å².